The molecule has 0 aliphatic carbocycles. The van der Waals surface area contributed by atoms with Crippen LogP contribution in [0.1, 0.15) is 23.2 Å². The van der Waals surface area contributed by atoms with E-state index in [1.807, 2.05) is 0 Å². The smallest absolute Gasteiger partial charge is 0.273 e. The fourth-order valence-electron chi connectivity index (χ4n) is 3.58. The molecule has 1 fully saturated rings. The molecule has 0 spiro atoms. The Morgan fingerprint density at radius 1 is 1.28 bits per heavy atom. The van der Waals surface area contributed by atoms with Gasteiger partial charge < -0.3 is 10.2 Å². The second kappa shape index (κ2) is 7.75. The van der Waals surface area contributed by atoms with E-state index < -0.39 is 17.2 Å². The fraction of sp³-hybridized carbons (Fsp3) is 0.350. The van der Waals surface area contributed by atoms with Crippen LogP contribution in [-0.2, 0) is 0 Å². The molecule has 2 aromatic heterocycles. The maximum atomic E-state index is 14.1. The van der Waals surface area contributed by atoms with Crippen LogP contribution in [0.25, 0.3) is 16.9 Å². The minimum Gasteiger partial charge on any atom is -0.352 e. The Morgan fingerprint density at radius 3 is 2.76 bits per heavy atom. The van der Waals surface area contributed by atoms with Crippen LogP contribution in [0.2, 0.25) is 0 Å². The molecular weight excluding hydrogens is 380 g/mol. The third kappa shape index (κ3) is 3.91. The molecule has 29 heavy (non-hydrogen) atoms. The van der Waals surface area contributed by atoms with Gasteiger partial charge in [0.15, 0.2) is 5.65 Å². The molecule has 0 bridgehead atoms. The number of amides is 1. The molecule has 0 unspecified atom stereocenters. The lowest BCUT2D eigenvalue weighted by Crippen LogP contribution is -2.36. The molecule has 3 heterocycles. The second-order valence-electron chi connectivity index (χ2n) is 7.41. The summed E-state index contributed by atoms with van der Waals surface area (Å²) in [6.45, 7) is 2.54. The molecule has 1 aromatic carbocycles. The summed E-state index contributed by atoms with van der Waals surface area (Å²) < 4.78 is 28.4. The van der Waals surface area contributed by atoms with Crippen molar-refractivity contribution in [2.24, 2.45) is 5.92 Å². The SMILES string of the molecule is CN1CCC(CNC(=O)c2c[nH]n3c(=O)cc(-c4ccc(F)cc4F)nc23)CC1. The molecule has 0 atom stereocenters. The minimum atomic E-state index is -0.829. The number of fused-ring (bicyclic) bond motifs is 1. The van der Waals surface area contributed by atoms with Crippen LogP contribution in [0.5, 0.6) is 0 Å². The maximum absolute atomic E-state index is 14.1. The van der Waals surface area contributed by atoms with Crippen molar-refractivity contribution in [3.63, 3.8) is 0 Å². The zero-order chi connectivity index (χ0) is 20.5. The highest BCUT2D eigenvalue weighted by molar-refractivity contribution is 5.99. The second-order valence-corrected chi connectivity index (χ2v) is 7.41. The van der Waals surface area contributed by atoms with Crippen molar-refractivity contribution in [1.82, 2.24) is 24.8 Å². The highest BCUT2D eigenvalue weighted by atomic mass is 19.1. The van der Waals surface area contributed by atoms with Crippen LogP contribution >= 0.6 is 0 Å². The van der Waals surface area contributed by atoms with Crippen molar-refractivity contribution in [3.8, 4) is 11.3 Å². The molecule has 1 saturated heterocycles. The van der Waals surface area contributed by atoms with Gasteiger partial charge in [-0.15, -0.1) is 0 Å². The van der Waals surface area contributed by atoms with E-state index in [2.05, 4.69) is 27.3 Å². The summed E-state index contributed by atoms with van der Waals surface area (Å²) in [5.41, 5.74) is -0.180. The molecule has 9 heteroatoms. The molecule has 7 nitrogen and oxygen atoms in total. The van der Waals surface area contributed by atoms with E-state index in [0.29, 0.717) is 12.5 Å². The van der Waals surface area contributed by atoms with Crippen LogP contribution in [0.15, 0.2) is 35.3 Å². The number of H-pyrrole nitrogens is 1. The van der Waals surface area contributed by atoms with Crippen molar-refractivity contribution < 1.29 is 13.6 Å². The van der Waals surface area contributed by atoms with Gasteiger partial charge in [-0.25, -0.2) is 18.3 Å². The van der Waals surface area contributed by atoms with Gasteiger partial charge in [0.05, 0.1) is 5.69 Å². The quantitative estimate of drug-likeness (QED) is 0.701. The average Bonchev–Trinajstić information content (AvgIpc) is 3.12. The van der Waals surface area contributed by atoms with E-state index in [4.69, 9.17) is 0 Å². The third-order valence-electron chi connectivity index (χ3n) is 5.34. The molecule has 4 rings (SSSR count). The van der Waals surface area contributed by atoms with Gasteiger partial charge in [0.25, 0.3) is 11.5 Å². The number of nitrogens with zero attached hydrogens (tertiary/aromatic N) is 3. The molecule has 152 valence electrons. The lowest BCUT2D eigenvalue weighted by molar-refractivity contribution is 0.0940. The van der Waals surface area contributed by atoms with Crippen LogP contribution < -0.4 is 10.9 Å². The summed E-state index contributed by atoms with van der Waals surface area (Å²) in [4.78, 5) is 31.6. The van der Waals surface area contributed by atoms with E-state index >= 15 is 0 Å². The Labute approximate surface area is 165 Å². The van der Waals surface area contributed by atoms with Crippen molar-refractivity contribution in [1.29, 1.82) is 0 Å². The number of piperidine rings is 1. The van der Waals surface area contributed by atoms with Crippen LogP contribution in [0.3, 0.4) is 0 Å². The van der Waals surface area contributed by atoms with Crippen molar-refractivity contribution in [3.05, 3.63) is 58.0 Å². The summed E-state index contributed by atoms with van der Waals surface area (Å²) in [7, 11) is 2.08. The number of likely N-dealkylation sites (tertiary alicyclic amines) is 1. The number of benzene rings is 1. The monoisotopic (exact) mass is 401 g/mol. The standard InChI is InChI=1S/C20H21F2N5O2/c1-26-6-4-12(5-7-26)10-23-20(29)15-11-24-27-18(28)9-17(25-19(15)27)14-3-2-13(21)8-16(14)22/h2-3,8-9,11-12,24H,4-7,10H2,1H3,(H,23,29). The highest BCUT2D eigenvalue weighted by Gasteiger charge is 2.20. The number of hydrogen-bond donors (Lipinski definition) is 2. The highest BCUT2D eigenvalue weighted by Crippen LogP contribution is 2.22. The number of carbonyl (C=O) groups excluding carboxylic acids is 1. The number of halogens is 2. The number of carbonyl (C=O) groups is 1. The van der Waals surface area contributed by atoms with Gasteiger partial charge in [-0.1, -0.05) is 0 Å². The van der Waals surface area contributed by atoms with Gasteiger partial charge in [0, 0.05) is 30.4 Å². The van der Waals surface area contributed by atoms with Gasteiger partial charge in [0.2, 0.25) is 0 Å². The summed E-state index contributed by atoms with van der Waals surface area (Å²) in [5, 5.41) is 5.61. The topological polar surface area (TPSA) is 82.5 Å². The molecular formula is C20H21F2N5O2. The van der Waals surface area contributed by atoms with Gasteiger partial charge in [0.1, 0.15) is 17.2 Å². The zero-order valence-electron chi connectivity index (χ0n) is 15.9. The minimum absolute atomic E-state index is 0.00937. The first-order chi connectivity index (χ1) is 13.9. The van der Waals surface area contributed by atoms with Gasteiger partial charge in [-0.05, 0) is 51.0 Å². The predicted octanol–water partition coefficient (Wildman–Crippen LogP) is 2.04. The van der Waals surface area contributed by atoms with E-state index in [1.165, 1.54) is 12.3 Å². The summed E-state index contributed by atoms with van der Waals surface area (Å²) >= 11 is 0. The fourth-order valence-corrected chi connectivity index (χ4v) is 3.58. The molecule has 0 saturated carbocycles. The first kappa shape index (κ1) is 19.3. The predicted molar refractivity (Wildman–Crippen MR) is 104 cm³/mol. The summed E-state index contributed by atoms with van der Waals surface area (Å²) in [6.07, 6.45) is 3.42. The van der Waals surface area contributed by atoms with Crippen LogP contribution in [0.4, 0.5) is 8.78 Å². The molecule has 2 N–H and O–H groups in total. The molecule has 1 aliphatic heterocycles. The van der Waals surface area contributed by atoms with E-state index in [9.17, 15) is 18.4 Å². The molecule has 1 amide bonds. The normalized spacial score (nSPS) is 15.7. The maximum Gasteiger partial charge on any atom is 0.273 e. The van der Waals surface area contributed by atoms with Gasteiger partial charge in [-0.2, -0.15) is 0 Å². The third-order valence-corrected chi connectivity index (χ3v) is 5.34. The largest absolute Gasteiger partial charge is 0.352 e. The molecule has 1 aliphatic rings. The summed E-state index contributed by atoms with van der Waals surface area (Å²) in [6, 6.07) is 4.18. The summed E-state index contributed by atoms with van der Waals surface area (Å²) in [5.74, 6) is -1.50. The van der Waals surface area contributed by atoms with Crippen molar-refractivity contribution >= 4 is 11.6 Å². The van der Waals surface area contributed by atoms with Crippen LogP contribution in [-0.4, -0.2) is 52.1 Å². The average molecular weight is 401 g/mol. The number of hydrogen-bond acceptors (Lipinski definition) is 4. The lowest BCUT2D eigenvalue weighted by Gasteiger charge is -2.28. The number of rotatable bonds is 4. The zero-order valence-corrected chi connectivity index (χ0v) is 15.9. The Morgan fingerprint density at radius 2 is 2.03 bits per heavy atom. The van der Waals surface area contributed by atoms with Crippen molar-refractivity contribution in [2.75, 3.05) is 26.7 Å². The Kier molecular flexibility index (Phi) is 5.14. The number of nitrogens with one attached hydrogen (secondary N) is 2. The van der Waals surface area contributed by atoms with Crippen molar-refractivity contribution in [2.45, 2.75) is 12.8 Å². The van der Waals surface area contributed by atoms with Gasteiger partial charge >= 0.3 is 0 Å². The molecule has 0 radical (unpaired) electrons. The van der Waals surface area contributed by atoms with Gasteiger partial charge in [-0.3, -0.25) is 14.7 Å². The molecule has 3 aromatic rings. The lowest BCUT2D eigenvalue weighted by atomic mass is 9.97. The Balaban J connectivity index is 1.61. The Hall–Kier alpha value is -3.07. The van der Waals surface area contributed by atoms with E-state index in [-0.39, 0.29) is 28.4 Å². The first-order valence-electron chi connectivity index (χ1n) is 9.45. The number of aromatic nitrogens is 3. The van der Waals surface area contributed by atoms with E-state index in [0.717, 1.165) is 48.6 Å². The Bertz CT molecular complexity index is 1120. The van der Waals surface area contributed by atoms with Crippen LogP contribution in [0, 0.1) is 17.6 Å². The number of aromatic amines is 1. The van der Waals surface area contributed by atoms with E-state index in [1.54, 1.807) is 0 Å². The first-order valence-corrected chi connectivity index (χ1v) is 9.45.